The lowest BCUT2D eigenvalue weighted by Gasteiger charge is -2.09. The van der Waals surface area contributed by atoms with E-state index >= 15 is 0 Å². The number of carbonyl (C=O) groups excluding carboxylic acids is 2. The van der Waals surface area contributed by atoms with Gasteiger partial charge in [0.25, 0.3) is 0 Å². The van der Waals surface area contributed by atoms with Crippen molar-refractivity contribution in [2.24, 2.45) is 5.92 Å². The van der Waals surface area contributed by atoms with Gasteiger partial charge in [-0.2, -0.15) is 0 Å². The van der Waals surface area contributed by atoms with E-state index in [4.69, 9.17) is 4.74 Å². The number of ether oxygens (including phenoxy) is 1. The number of carbonyl (C=O) groups is 2. The number of Topliss-reactive ketones (excluding diaryl/α,β-unsaturated/α-hetero) is 1. The van der Waals surface area contributed by atoms with E-state index in [1.54, 1.807) is 6.92 Å². The summed E-state index contributed by atoms with van der Waals surface area (Å²) < 4.78 is 5.02. The maximum absolute atomic E-state index is 11.0. The van der Waals surface area contributed by atoms with Crippen LogP contribution >= 0.6 is 0 Å². The van der Waals surface area contributed by atoms with Crippen molar-refractivity contribution < 1.29 is 14.3 Å². The molecule has 0 aromatic carbocycles. The van der Waals surface area contributed by atoms with Crippen molar-refractivity contribution in [3.05, 3.63) is 12.2 Å². The summed E-state index contributed by atoms with van der Waals surface area (Å²) >= 11 is 0. The van der Waals surface area contributed by atoms with Gasteiger partial charge in [-0.3, -0.25) is 4.79 Å². The number of hydrogen-bond acceptors (Lipinski definition) is 3. The van der Waals surface area contributed by atoms with E-state index < -0.39 is 0 Å². The molecule has 1 aliphatic heterocycles. The lowest BCUT2D eigenvalue weighted by Crippen LogP contribution is -2.08. The molecule has 1 heterocycles. The fourth-order valence-corrected chi connectivity index (χ4v) is 1.74. The first-order valence-corrected chi connectivity index (χ1v) is 5.99. The van der Waals surface area contributed by atoms with Crippen molar-refractivity contribution in [1.29, 1.82) is 0 Å². The zero-order chi connectivity index (χ0) is 12.0. The highest BCUT2D eigenvalue weighted by Gasteiger charge is 2.15. The summed E-state index contributed by atoms with van der Waals surface area (Å²) in [4.78, 5) is 21.7. The van der Waals surface area contributed by atoms with E-state index in [1.165, 1.54) is 6.08 Å². The molecular weight excluding hydrogens is 204 g/mol. The Kier molecular flexibility index (Phi) is 5.23. The van der Waals surface area contributed by atoms with Crippen molar-refractivity contribution in [2.45, 2.75) is 52.1 Å². The molecule has 0 bridgehead atoms. The van der Waals surface area contributed by atoms with Gasteiger partial charge in [-0.05, 0) is 32.3 Å². The molecule has 0 spiro atoms. The van der Waals surface area contributed by atoms with Gasteiger partial charge in [0.1, 0.15) is 11.9 Å². The predicted octanol–water partition coefficient (Wildman–Crippen LogP) is 2.64. The third-order valence-corrected chi connectivity index (χ3v) is 3.03. The minimum Gasteiger partial charge on any atom is -0.455 e. The molecule has 0 radical (unpaired) electrons. The largest absolute Gasteiger partial charge is 0.455 e. The van der Waals surface area contributed by atoms with Crippen LogP contribution in [0.15, 0.2) is 12.2 Å². The zero-order valence-corrected chi connectivity index (χ0v) is 10.1. The van der Waals surface area contributed by atoms with Crippen LogP contribution in [-0.2, 0) is 14.3 Å². The second-order valence-electron chi connectivity index (χ2n) is 4.48. The first kappa shape index (κ1) is 12.9. The molecule has 3 heteroatoms. The van der Waals surface area contributed by atoms with Crippen LogP contribution in [0.25, 0.3) is 0 Å². The van der Waals surface area contributed by atoms with Crippen LogP contribution in [-0.4, -0.2) is 17.9 Å². The fourth-order valence-electron chi connectivity index (χ4n) is 1.74. The molecule has 3 nitrogen and oxygen atoms in total. The van der Waals surface area contributed by atoms with Gasteiger partial charge in [0.2, 0.25) is 0 Å². The monoisotopic (exact) mass is 224 g/mol. The van der Waals surface area contributed by atoms with Gasteiger partial charge in [-0.1, -0.05) is 19.8 Å². The van der Waals surface area contributed by atoms with Crippen molar-refractivity contribution >= 4 is 11.8 Å². The zero-order valence-electron chi connectivity index (χ0n) is 10.1. The summed E-state index contributed by atoms with van der Waals surface area (Å²) in [5, 5.41) is 0. The first-order chi connectivity index (χ1) is 7.59. The van der Waals surface area contributed by atoms with Gasteiger partial charge in [0.15, 0.2) is 0 Å². The number of hydrogen-bond donors (Lipinski definition) is 0. The van der Waals surface area contributed by atoms with E-state index in [9.17, 15) is 9.59 Å². The molecule has 1 rings (SSSR count). The van der Waals surface area contributed by atoms with Crippen LogP contribution in [0, 0.1) is 5.92 Å². The van der Waals surface area contributed by atoms with Crippen LogP contribution in [0.3, 0.4) is 0 Å². The Bertz CT molecular complexity index is 281. The van der Waals surface area contributed by atoms with Crippen molar-refractivity contribution in [3.63, 3.8) is 0 Å². The molecule has 0 saturated carbocycles. The quantitative estimate of drug-likeness (QED) is 0.493. The molecule has 0 amide bonds. The Hall–Kier alpha value is -1.12. The maximum Gasteiger partial charge on any atom is 0.331 e. The predicted molar refractivity (Wildman–Crippen MR) is 62.0 cm³/mol. The summed E-state index contributed by atoms with van der Waals surface area (Å²) in [6.45, 7) is 3.62. The van der Waals surface area contributed by atoms with Gasteiger partial charge in [0.05, 0.1) is 0 Å². The number of unbranched alkanes of at least 4 members (excludes halogenated alkanes) is 2. The van der Waals surface area contributed by atoms with Gasteiger partial charge in [-0.15, -0.1) is 0 Å². The molecule has 0 fully saturated rings. The molecule has 2 atom stereocenters. The van der Waals surface area contributed by atoms with Crippen LogP contribution in [0.5, 0.6) is 0 Å². The molecular formula is C13H20O3. The standard InChI is InChI=1S/C13H20O3/c1-10(11(2)14)6-4-3-5-7-12-8-9-13(15)16-12/h8-10,12H,3-7H2,1-2H3/t10-,12+/m1/s1. The fraction of sp³-hybridized carbons (Fsp3) is 0.692. The van der Waals surface area contributed by atoms with Gasteiger partial charge < -0.3 is 4.74 Å². The third-order valence-electron chi connectivity index (χ3n) is 3.03. The Morgan fingerprint density at radius 2 is 2.19 bits per heavy atom. The number of esters is 1. The minimum absolute atomic E-state index is 0.0160. The summed E-state index contributed by atoms with van der Waals surface area (Å²) in [6, 6.07) is 0. The summed E-state index contributed by atoms with van der Waals surface area (Å²) in [5.74, 6) is 0.229. The Balaban J connectivity index is 1.98. The van der Waals surface area contributed by atoms with Gasteiger partial charge in [0, 0.05) is 12.0 Å². The lowest BCUT2D eigenvalue weighted by molar-refractivity contribution is -0.138. The Labute approximate surface area is 96.9 Å². The van der Waals surface area contributed by atoms with E-state index in [-0.39, 0.29) is 23.8 Å². The molecule has 90 valence electrons. The first-order valence-electron chi connectivity index (χ1n) is 5.99. The van der Waals surface area contributed by atoms with Gasteiger partial charge >= 0.3 is 5.97 Å². The van der Waals surface area contributed by atoms with Crippen LogP contribution < -0.4 is 0 Å². The minimum atomic E-state index is -0.227. The van der Waals surface area contributed by atoms with Crippen molar-refractivity contribution in [3.8, 4) is 0 Å². The van der Waals surface area contributed by atoms with Crippen molar-refractivity contribution in [2.75, 3.05) is 0 Å². The average Bonchev–Trinajstić information content (AvgIpc) is 2.63. The molecule has 0 saturated heterocycles. The van der Waals surface area contributed by atoms with Crippen LogP contribution in [0.4, 0.5) is 0 Å². The molecule has 0 N–H and O–H groups in total. The lowest BCUT2D eigenvalue weighted by atomic mass is 9.99. The molecule has 0 aromatic rings. The highest BCUT2D eigenvalue weighted by Crippen LogP contribution is 2.15. The third kappa shape index (κ3) is 4.60. The molecule has 16 heavy (non-hydrogen) atoms. The normalized spacial score (nSPS) is 20.9. The Morgan fingerprint density at radius 3 is 2.75 bits per heavy atom. The molecule has 0 aliphatic carbocycles. The topological polar surface area (TPSA) is 43.4 Å². The second-order valence-corrected chi connectivity index (χ2v) is 4.48. The highest BCUT2D eigenvalue weighted by atomic mass is 16.5. The van der Waals surface area contributed by atoms with Crippen LogP contribution in [0.2, 0.25) is 0 Å². The maximum atomic E-state index is 11.0. The number of cyclic esters (lactones) is 1. The smallest absolute Gasteiger partial charge is 0.331 e. The molecule has 0 aromatic heterocycles. The van der Waals surface area contributed by atoms with Crippen molar-refractivity contribution in [1.82, 2.24) is 0 Å². The molecule has 1 aliphatic rings. The van der Waals surface area contributed by atoms with E-state index in [0.717, 1.165) is 32.1 Å². The van der Waals surface area contributed by atoms with E-state index in [1.807, 2.05) is 13.0 Å². The number of ketones is 1. The Morgan fingerprint density at radius 1 is 1.44 bits per heavy atom. The summed E-state index contributed by atoms with van der Waals surface area (Å²) in [7, 11) is 0. The van der Waals surface area contributed by atoms with Crippen LogP contribution in [0.1, 0.15) is 46.0 Å². The van der Waals surface area contributed by atoms with E-state index in [2.05, 4.69) is 0 Å². The number of rotatable bonds is 7. The second kappa shape index (κ2) is 6.46. The molecule has 0 unspecified atom stereocenters. The summed E-state index contributed by atoms with van der Waals surface area (Å²) in [6.07, 6.45) is 8.38. The van der Waals surface area contributed by atoms with Gasteiger partial charge in [-0.25, -0.2) is 4.79 Å². The summed E-state index contributed by atoms with van der Waals surface area (Å²) in [5.41, 5.74) is 0. The van der Waals surface area contributed by atoms with E-state index in [0.29, 0.717) is 0 Å². The average molecular weight is 224 g/mol. The highest BCUT2D eigenvalue weighted by molar-refractivity contribution is 5.84. The SMILES string of the molecule is CC(=O)[C@H](C)CCCCC[C@H]1C=CC(=O)O1.